The number of carboxylic acid groups (broad SMARTS) is 1. The van der Waals surface area contributed by atoms with Crippen molar-refractivity contribution in [2.75, 3.05) is 0 Å². The Kier molecular flexibility index (Phi) is 4.31. The van der Waals surface area contributed by atoms with Crippen LogP contribution in [-0.4, -0.2) is 45.0 Å². The van der Waals surface area contributed by atoms with E-state index in [9.17, 15) is 9.90 Å². The number of aliphatic hydroxyl groups excluding tert-OH is 1. The van der Waals surface area contributed by atoms with Gasteiger partial charge in [-0.2, -0.15) is 0 Å². The molecule has 0 aromatic heterocycles. The van der Waals surface area contributed by atoms with Crippen LogP contribution in [0.4, 0.5) is 0 Å². The van der Waals surface area contributed by atoms with Crippen molar-refractivity contribution in [1.29, 1.82) is 0 Å². The summed E-state index contributed by atoms with van der Waals surface area (Å²) in [5.74, 6) is -1.14. The molecule has 6 N–H and O–H groups in total. The summed E-state index contributed by atoms with van der Waals surface area (Å²) in [6, 6.07) is 0. The van der Waals surface area contributed by atoms with E-state index in [4.69, 9.17) is 20.9 Å². The number of hydrogen-bond acceptors (Lipinski definition) is 5. The van der Waals surface area contributed by atoms with Gasteiger partial charge < -0.3 is 26.0 Å². The van der Waals surface area contributed by atoms with E-state index in [1.165, 1.54) is 0 Å². The second-order valence-corrected chi connectivity index (χ2v) is 4.58. The second kappa shape index (κ2) is 5.14. The first kappa shape index (κ1) is 13.4. The van der Waals surface area contributed by atoms with Crippen LogP contribution in [0.25, 0.3) is 0 Å². The molecule has 0 aromatic rings. The molecule has 0 aliphatic heterocycles. The standard InChI is InChI=1S/C9H18BNO5/c11-9(8(13)14)5-6(4-7(9)12)2-1-3-10(15)16/h6-7,12,15-16H,1-5,11H2,(H,13,14)/t6?,7?,9-/m1/s1. The molecule has 1 aliphatic rings. The van der Waals surface area contributed by atoms with Gasteiger partial charge in [-0.25, -0.2) is 0 Å². The summed E-state index contributed by atoms with van der Waals surface area (Å²) in [5, 5.41) is 35.8. The lowest BCUT2D eigenvalue weighted by atomic mass is 9.82. The van der Waals surface area contributed by atoms with Crippen molar-refractivity contribution in [3.05, 3.63) is 0 Å². The largest absolute Gasteiger partial charge is 0.480 e. The maximum Gasteiger partial charge on any atom is 0.451 e. The Morgan fingerprint density at radius 3 is 2.56 bits per heavy atom. The molecule has 0 aromatic carbocycles. The lowest BCUT2D eigenvalue weighted by molar-refractivity contribution is -0.146. The highest BCUT2D eigenvalue weighted by Gasteiger charge is 2.49. The van der Waals surface area contributed by atoms with Crippen LogP contribution in [0.15, 0.2) is 0 Å². The van der Waals surface area contributed by atoms with Gasteiger partial charge in [0.1, 0.15) is 5.54 Å². The Bertz CT molecular complexity index is 262. The van der Waals surface area contributed by atoms with Gasteiger partial charge in [0.2, 0.25) is 0 Å². The maximum atomic E-state index is 10.9. The lowest BCUT2D eigenvalue weighted by Gasteiger charge is -2.22. The van der Waals surface area contributed by atoms with Crippen LogP contribution in [0.3, 0.4) is 0 Å². The predicted octanol–water partition coefficient (Wildman–Crippen LogP) is -1.21. The van der Waals surface area contributed by atoms with Crippen molar-refractivity contribution in [2.24, 2.45) is 11.7 Å². The number of nitrogens with two attached hydrogens (primary N) is 1. The highest BCUT2D eigenvalue weighted by atomic mass is 16.4. The Hall–Kier alpha value is -0.625. The van der Waals surface area contributed by atoms with Gasteiger partial charge in [0.05, 0.1) is 6.10 Å². The second-order valence-electron chi connectivity index (χ2n) is 4.58. The average molecular weight is 231 g/mol. The number of carbonyl (C=O) groups is 1. The zero-order valence-corrected chi connectivity index (χ0v) is 9.04. The van der Waals surface area contributed by atoms with Crippen molar-refractivity contribution in [1.82, 2.24) is 0 Å². The fourth-order valence-corrected chi connectivity index (χ4v) is 2.26. The van der Waals surface area contributed by atoms with Gasteiger partial charge in [-0.15, -0.1) is 0 Å². The molecule has 0 heterocycles. The molecule has 0 amide bonds. The van der Waals surface area contributed by atoms with E-state index in [1.54, 1.807) is 0 Å². The minimum absolute atomic E-state index is 0.0369. The molecule has 1 saturated carbocycles. The smallest absolute Gasteiger partial charge is 0.451 e. The predicted molar refractivity (Wildman–Crippen MR) is 57.5 cm³/mol. The quantitative estimate of drug-likeness (QED) is 0.378. The molecule has 1 fully saturated rings. The first-order chi connectivity index (χ1) is 7.36. The molecule has 0 saturated heterocycles. The molecule has 1 rings (SSSR count). The van der Waals surface area contributed by atoms with Crippen molar-refractivity contribution < 1.29 is 25.1 Å². The topological polar surface area (TPSA) is 124 Å². The average Bonchev–Trinajstić information content (AvgIpc) is 2.43. The fraction of sp³-hybridized carbons (Fsp3) is 0.889. The Balaban J connectivity index is 2.41. The molecule has 3 atom stereocenters. The third-order valence-electron chi connectivity index (χ3n) is 3.25. The van der Waals surface area contributed by atoms with Crippen LogP contribution >= 0.6 is 0 Å². The summed E-state index contributed by atoms with van der Waals surface area (Å²) in [7, 11) is -1.33. The number of aliphatic hydroxyl groups is 1. The Labute approximate surface area is 94.2 Å². The van der Waals surface area contributed by atoms with Gasteiger partial charge >= 0.3 is 13.1 Å². The highest BCUT2D eigenvalue weighted by molar-refractivity contribution is 6.40. The molecule has 1 aliphatic carbocycles. The van der Waals surface area contributed by atoms with Gasteiger partial charge in [-0.05, 0) is 25.1 Å². The third kappa shape index (κ3) is 2.94. The van der Waals surface area contributed by atoms with Gasteiger partial charge in [0, 0.05) is 0 Å². The minimum atomic E-state index is -1.54. The summed E-state index contributed by atoms with van der Waals surface area (Å²) in [6.45, 7) is 0. The normalized spacial score (nSPS) is 34.0. The SMILES string of the molecule is N[C@]1(C(=O)O)CC(CCCB(O)O)CC1O. The van der Waals surface area contributed by atoms with E-state index < -0.39 is 24.7 Å². The molecule has 16 heavy (non-hydrogen) atoms. The van der Waals surface area contributed by atoms with E-state index in [1.807, 2.05) is 0 Å². The van der Waals surface area contributed by atoms with Gasteiger partial charge in [0.15, 0.2) is 0 Å². The summed E-state index contributed by atoms with van der Waals surface area (Å²) in [4.78, 5) is 10.9. The summed E-state index contributed by atoms with van der Waals surface area (Å²) in [5.41, 5.74) is 4.08. The van der Waals surface area contributed by atoms with Gasteiger partial charge in [0.25, 0.3) is 0 Å². The molecule has 0 radical (unpaired) electrons. The van der Waals surface area contributed by atoms with Crippen LogP contribution in [0.5, 0.6) is 0 Å². The fourth-order valence-electron chi connectivity index (χ4n) is 2.26. The first-order valence-electron chi connectivity index (χ1n) is 5.42. The molecule has 92 valence electrons. The van der Waals surface area contributed by atoms with E-state index in [0.717, 1.165) is 0 Å². The minimum Gasteiger partial charge on any atom is -0.480 e. The van der Waals surface area contributed by atoms with Gasteiger partial charge in [-0.3, -0.25) is 4.79 Å². The van der Waals surface area contributed by atoms with Crippen LogP contribution in [0.2, 0.25) is 6.32 Å². The van der Waals surface area contributed by atoms with Crippen LogP contribution in [0.1, 0.15) is 25.7 Å². The first-order valence-corrected chi connectivity index (χ1v) is 5.42. The van der Waals surface area contributed by atoms with Crippen LogP contribution in [-0.2, 0) is 4.79 Å². The molecule has 7 heteroatoms. The molecular weight excluding hydrogens is 213 g/mol. The Morgan fingerprint density at radius 2 is 2.12 bits per heavy atom. The molecular formula is C9H18BNO5. The Morgan fingerprint density at radius 1 is 1.50 bits per heavy atom. The molecule has 0 bridgehead atoms. The number of aliphatic carboxylic acids is 1. The summed E-state index contributed by atoms with van der Waals surface area (Å²) < 4.78 is 0. The van der Waals surface area contributed by atoms with E-state index in [2.05, 4.69) is 0 Å². The van der Waals surface area contributed by atoms with E-state index in [-0.39, 0.29) is 18.7 Å². The third-order valence-corrected chi connectivity index (χ3v) is 3.25. The number of rotatable bonds is 5. The monoisotopic (exact) mass is 231 g/mol. The van der Waals surface area contributed by atoms with Crippen molar-refractivity contribution in [2.45, 2.75) is 43.6 Å². The summed E-state index contributed by atoms with van der Waals surface area (Å²) in [6.07, 6.45) is 1.09. The molecule has 2 unspecified atom stereocenters. The maximum absolute atomic E-state index is 10.9. The van der Waals surface area contributed by atoms with Crippen molar-refractivity contribution in [3.8, 4) is 0 Å². The van der Waals surface area contributed by atoms with Crippen molar-refractivity contribution in [3.63, 3.8) is 0 Å². The number of carboxylic acids is 1. The van der Waals surface area contributed by atoms with Gasteiger partial charge in [-0.1, -0.05) is 12.8 Å². The molecule has 6 nitrogen and oxygen atoms in total. The van der Waals surface area contributed by atoms with Crippen LogP contribution in [0, 0.1) is 5.92 Å². The lowest BCUT2D eigenvalue weighted by Crippen LogP contribution is -2.53. The van der Waals surface area contributed by atoms with E-state index in [0.29, 0.717) is 19.3 Å². The zero-order chi connectivity index (χ0) is 12.3. The summed E-state index contributed by atoms with van der Waals surface area (Å²) >= 11 is 0. The highest BCUT2D eigenvalue weighted by Crippen LogP contribution is 2.36. The van der Waals surface area contributed by atoms with Crippen molar-refractivity contribution >= 4 is 13.1 Å². The zero-order valence-electron chi connectivity index (χ0n) is 9.04. The molecule has 0 spiro atoms. The van der Waals surface area contributed by atoms with E-state index >= 15 is 0 Å². The number of hydrogen-bond donors (Lipinski definition) is 5. The van der Waals surface area contributed by atoms with Crippen LogP contribution < -0.4 is 5.73 Å².